The summed E-state index contributed by atoms with van der Waals surface area (Å²) in [5.74, 6) is 0.950. The molecule has 1 aliphatic carbocycles. The van der Waals surface area contributed by atoms with Gasteiger partial charge in [0.05, 0.1) is 6.42 Å². The van der Waals surface area contributed by atoms with Crippen LogP contribution in [-0.2, 0) is 15.6 Å². The summed E-state index contributed by atoms with van der Waals surface area (Å²) in [7, 11) is 0. The Morgan fingerprint density at radius 1 is 1.08 bits per heavy atom. The average molecular weight is 492 g/mol. The van der Waals surface area contributed by atoms with Crippen molar-refractivity contribution in [3.05, 3.63) is 58.8 Å². The van der Waals surface area contributed by atoms with Crippen molar-refractivity contribution in [2.45, 2.75) is 116 Å². The van der Waals surface area contributed by atoms with Crippen LogP contribution in [0.3, 0.4) is 0 Å². The molecule has 0 aromatic heterocycles. The van der Waals surface area contributed by atoms with Crippen LogP contribution in [0.5, 0.6) is 5.75 Å². The minimum Gasteiger partial charge on any atom is -0.460 e. The predicted molar refractivity (Wildman–Crippen MR) is 147 cm³/mol. The van der Waals surface area contributed by atoms with E-state index in [0.29, 0.717) is 25.0 Å². The molecule has 0 N–H and O–H groups in total. The highest BCUT2D eigenvalue weighted by molar-refractivity contribution is 5.93. The lowest BCUT2D eigenvalue weighted by Gasteiger charge is -2.48. The monoisotopic (exact) mass is 491 g/mol. The summed E-state index contributed by atoms with van der Waals surface area (Å²) in [5.41, 5.74) is 12.2. The summed E-state index contributed by atoms with van der Waals surface area (Å²) in [4.78, 5) is 19.4. The lowest BCUT2D eigenvalue weighted by atomic mass is 9.76. The Balaban J connectivity index is 2.15. The van der Waals surface area contributed by atoms with Gasteiger partial charge in [0.25, 0.3) is 5.71 Å². The molecule has 1 atom stereocenters. The van der Waals surface area contributed by atoms with Gasteiger partial charge in [-0.2, -0.15) is 4.79 Å². The molecule has 36 heavy (non-hydrogen) atoms. The maximum atomic E-state index is 13.9. The standard InChI is InChI=1S/C31H45N3O2/c1-8-13-28(35)31(20-11-12-21-34(31)25-17-15-24(33-32)16-18-25)36-27-19-14-23(29(4,5)9-2)22-26(27)30(6,7)10-3/h14-15,17-19,22H,8-13,16,20-21H2,1-7H3. The Hall–Kier alpha value is -2.65. The fourth-order valence-electron chi connectivity index (χ4n) is 5.11. The zero-order valence-corrected chi connectivity index (χ0v) is 23.5. The van der Waals surface area contributed by atoms with E-state index in [1.54, 1.807) is 0 Å². The van der Waals surface area contributed by atoms with Crippen LogP contribution >= 0.6 is 0 Å². The van der Waals surface area contributed by atoms with Crippen LogP contribution in [0.15, 0.2) is 42.1 Å². The van der Waals surface area contributed by atoms with Gasteiger partial charge < -0.3 is 15.2 Å². The molecule has 0 spiro atoms. The quantitative estimate of drug-likeness (QED) is 0.251. The van der Waals surface area contributed by atoms with Crippen LogP contribution in [-0.4, -0.2) is 33.5 Å². The minimum absolute atomic E-state index is 0.0629. The number of piperidine rings is 1. The number of nitrogens with zero attached hydrogens (tertiary/aromatic N) is 3. The molecule has 1 heterocycles. The van der Waals surface area contributed by atoms with Crippen molar-refractivity contribution in [3.63, 3.8) is 0 Å². The first-order valence-electron chi connectivity index (χ1n) is 13.8. The number of benzene rings is 1. The number of carbonyl (C=O) groups is 1. The molecule has 2 aliphatic rings. The molecule has 1 fully saturated rings. The van der Waals surface area contributed by atoms with Crippen molar-refractivity contribution in [1.29, 1.82) is 0 Å². The van der Waals surface area contributed by atoms with E-state index in [1.165, 1.54) is 11.1 Å². The zero-order valence-electron chi connectivity index (χ0n) is 23.5. The van der Waals surface area contributed by atoms with Crippen molar-refractivity contribution in [2.75, 3.05) is 6.54 Å². The summed E-state index contributed by atoms with van der Waals surface area (Å²) >= 11 is 0. The number of likely N-dealkylation sites (tertiary alicyclic amines) is 1. The first-order valence-corrected chi connectivity index (χ1v) is 13.8. The van der Waals surface area contributed by atoms with Crippen molar-refractivity contribution in [1.82, 2.24) is 4.90 Å². The van der Waals surface area contributed by atoms with Crippen LogP contribution in [0.25, 0.3) is 5.53 Å². The number of allylic oxidation sites excluding steroid dienone is 3. The number of carbonyl (C=O) groups excluding carboxylic acids is 1. The third-order valence-electron chi connectivity index (χ3n) is 8.44. The summed E-state index contributed by atoms with van der Waals surface area (Å²) in [6.07, 6.45) is 12.2. The maximum Gasteiger partial charge on any atom is 0.295 e. The van der Waals surface area contributed by atoms with E-state index < -0.39 is 5.72 Å². The summed E-state index contributed by atoms with van der Waals surface area (Å²) in [6, 6.07) is 6.61. The molecule has 0 radical (unpaired) electrons. The highest BCUT2D eigenvalue weighted by Crippen LogP contribution is 2.43. The van der Waals surface area contributed by atoms with Gasteiger partial charge in [0.2, 0.25) is 5.72 Å². The molecule has 1 saturated heterocycles. The van der Waals surface area contributed by atoms with E-state index in [4.69, 9.17) is 4.74 Å². The average Bonchev–Trinajstić information content (AvgIpc) is 2.89. The van der Waals surface area contributed by atoms with Crippen LogP contribution in [0.2, 0.25) is 0 Å². The third kappa shape index (κ3) is 5.52. The van der Waals surface area contributed by atoms with Gasteiger partial charge in [0.15, 0.2) is 5.78 Å². The molecule has 1 aliphatic heterocycles. The molecule has 1 unspecified atom stereocenters. The second-order valence-electron chi connectivity index (χ2n) is 11.6. The molecule has 5 nitrogen and oxygen atoms in total. The molecule has 3 rings (SSSR count). The largest absolute Gasteiger partial charge is 0.460 e. The number of Topliss-reactive ketones (excluding diaryl/α,β-unsaturated/α-hetero) is 1. The Kier molecular flexibility index (Phi) is 8.67. The zero-order chi connectivity index (χ0) is 26.6. The smallest absolute Gasteiger partial charge is 0.295 e. The minimum atomic E-state index is -1.04. The Bertz CT molecular complexity index is 1080. The fourth-order valence-corrected chi connectivity index (χ4v) is 5.11. The van der Waals surface area contributed by atoms with Crippen molar-refractivity contribution in [2.24, 2.45) is 0 Å². The molecule has 1 aromatic rings. The molecule has 1 aromatic carbocycles. The second-order valence-corrected chi connectivity index (χ2v) is 11.6. The molecule has 0 amide bonds. The van der Waals surface area contributed by atoms with Gasteiger partial charge >= 0.3 is 0 Å². The first-order chi connectivity index (χ1) is 17.0. The normalized spacial score (nSPS) is 20.7. The van der Waals surface area contributed by atoms with Gasteiger partial charge in [-0.15, -0.1) is 0 Å². The van der Waals surface area contributed by atoms with Crippen molar-refractivity contribution >= 4 is 11.5 Å². The van der Waals surface area contributed by atoms with Gasteiger partial charge in [-0.05, 0) is 66.7 Å². The van der Waals surface area contributed by atoms with E-state index in [9.17, 15) is 10.3 Å². The van der Waals surface area contributed by atoms with Gasteiger partial charge in [0.1, 0.15) is 5.75 Å². The van der Waals surface area contributed by atoms with Crippen molar-refractivity contribution < 1.29 is 14.3 Å². The lowest BCUT2D eigenvalue weighted by molar-refractivity contribution is -0.156. The predicted octanol–water partition coefficient (Wildman–Crippen LogP) is 7.51. The highest BCUT2D eigenvalue weighted by atomic mass is 16.5. The van der Waals surface area contributed by atoms with Gasteiger partial charge in [0, 0.05) is 36.7 Å². The topological polar surface area (TPSA) is 65.9 Å². The van der Waals surface area contributed by atoms with Crippen LogP contribution in [0, 0.1) is 0 Å². The van der Waals surface area contributed by atoms with E-state index in [-0.39, 0.29) is 16.6 Å². The van der Waals surface area contributed by atoms with E-state index >= 15 is 0 Å². The number of hydrogen-bond donors (Lipinski definition) is 0. The Morgan fingerprint density at radius 2 is 1.81 bits per heavy atom. The SMILES string of the molecule is CCCC(=O)C1(Oc2ccc(C(C)(C)CC)cc2C(C)(C)CC)CCCCN1C1=CCC(=[N+]=[N-])C=C1. The highest BCUT2D eigenvalue weighted by Gasteiger charge is 2.48. The maximum absolute atomic E-state index is 13.9. The number of ether oxygens (including phenoxy) is 1. The number of ketones is 1. The molecule has 0 bridgehead atoms. The van der Waals surface area contributed by atoms with E-state index in [0.717, 1.165) is 50.1 Å². The van der Waals surface area contributed by atoms with Gasteiger partial charge in [-0.1, -0.05) is 60.6 Å². The second kappa shape index (κ2) is 11.2. The van der Waals surface area contributed by atoms with Crippen LogP contribution < -0.4 is 4.74 Å². The number of hydrogen-bond acceptors (Lipinski definition) is 3. The summed E-state index contributed by atoms with van der Waals surface area (Å²) < 4.78 is 7.02. The van der Waals surface area contributed by atoms with E-state index in [1.807, 2.05) is 18.2 Å². The Morgan fingerprint density at radius 3 is 2.39 bits per heavy atom. The van der Waals surface area contributed by atoms with Crippen LogP contribution in [0.4, 0.5) is 0 Å². The number of rotatable bonds is 10. The van der Waals surface area contributed by atoms with Gasteiger partial charge in [-0.3, -0.25) is 4.79 Å². The molecular formula is C31H45N3O2. The molecular weight excluding hydrogens is 446 g/mol. The lowest BCUT2D eigenvalue weighted by Crippen LogP contribution is -2.60. The van der Waals surface area contributed by atoms with Gasteiger partial charge in [-0.25, -0.2) is 0 Å². The first kappa shape index (κ1) is 27.9. The molecule has 196 valence electrons. The fraction of sp³-hybridized carbons (Fsp3) is 0.613. The van der Waals surface area contributed by atoms with Crippen LogP contribution in [0.1, 0.15) is 111 Å². The summed E-state index contributed by atoms with van der Waals surface area (Å²) in [5, 5.41) is 0. The summed E-state index contributed by atoms with van der Waals surface area (Å²) in [6.45, 7) is 16.3. The molecule has 0 saturated carbocycles. The van der Waals surface area contributed by atoms with Crippen molar-refractivity contribution in [3.8, 4) is 5.75 Å². The van der Waals surface area contributed by atoms with E-state index in [2.05, 4.69) is 76.4 Å². The Labute approximate surface area is 218 Å². The molecule has 5 heteroatoms. The third-order valence-corrected chi connectivity index (χ3v) is 8.44.